The molecule has 1 aromatic heterocycles. The van der Waals surface area contributed by atoms with Gasteiger partial charge in [0.05, 0.1) is 7.11 Å². The Balaban J connectivity index is 2.07. The average molecular weight is 447 g/mol. The first-order valence-electron chi connectivity index (χ1n) is 12.5. The van der Waals surface area contributed by atoms with E-state index in [9.17, 15) is 14.9 Å². The van der Waals surface area contributed by atoms with Gasteiger partial charge in [-0.3, -0.25) is 10.1 Å². The monoisotopic (exact) mass is 446 g/mol. The summed E-state index contributed by atoms with van der Waals surface area (Å²) >= 11 is 0. The lowest BCUT2D eigenvalue weighted by Crippen LogP contribution is -2.12. The molecule has 6 heteroatoms. The molecule has 1 rings (SSSR count). The first kappa shape index (κ1) is 27.7. The Morgan fingerprint density at radius 1 is 0.875 bits per heavy atom. The number of anilines is 1. The van der Waals surface area contributed by atoms with E-state index in [-0.39, 0.29) is 28.7 Å². The molecule has 0 unspecified atom stereocenters. The average Bonchev–Trinajstić information content (AvgIpc) is 3.10. The maximum absolute atomic E-state index is 12.2. The van der Waals surface area contributed by atoms with Gasteiger partial charge in [-0.1, -0.05) is 96.8 Å². The van der Waals surface area contributed by atoms with E-state index < -0.39 is 5.97 Å². The maximum atomic E-state index is 12.2. The lowest BCUT2D eigenvalue weighted by molar-refractivity contribution is -0.116. The summed E-state index contributed by atoms with van der Waals surface area (Å²) in [5.74, 6) is -0.570. The van der Waals surface area contributed by atoms with Gasteiger partial charge in [0.1, 0.15) is 23.0 Å². The zero-order valence-corrected chi connectivity index (χ0v) is 20.4. The molecule has 6 nitrogen and oxygen atoms in total. The van der Waals surface area contributed by atoms with Gasteiger partial charge < -0.3 is 9.15 Å². The van der Waals surface area contributed by atoms with Gasteiger partial charge in [-0.05, 0) is 13.3 Å². The summed E-state index contributed by atoms with van der Waals surface area (Å²) in [5.41, 5.74) is 0.0801. The molecule has 32 heavy (non-hydrogen) atoms. The molecule has 1 N–H and O–H groups in total. The standard InChI is InChI=1S/C26H42N2O4/c1-4-5-6-7-8-9-10-11-12-13-14-15-16-17-18-19-23(29)28-25-22(20-27)24(21(2)32-25)26(30)31-3/h4-19H2,1-3H3,(H,28,29). The molecule has 0 fully saturated rings. The molecule has 0 aliphatic rings. The van der Waals surface area contributed by atoms with E-state index in [2.05, 4.69) is 17.0 Å². The van der Waals surface area contributed by atoms with Crippen molar-refractivity contribution >= 4 is 17.8 Å². The lowest BCUT2D eigenvalue weighted by atomic mass is 10.0. The van der Waals surface area contributed by atoms with Crippen LogP contribution in [-0.4, -0.2) is 19.0 Å². The van der Waals surface area contributed by atoms with Gasteiger partial charge in [0.25, 0.3) is 0 Å². The number of nitrogens with zero attached hydrogens (tertiary/aromatic N) is 1. The number of aryl methyl sites for hydroxylation is 1. The van der Waals surface area contributed by atoms with Crippen molar-refractivity contribution in [3.63, 3.8) is 0 Å². The molecule has 0 aliphatic heterocycles. The Morgan fingerprint density at radius 3 is 1.78 bits per heavy atom. The smallest absolute Gasteiger partial charge is 0.342 e. The zero-order valence-electron chi connectivity index (χ0n) is 20.4. The predicted molar refractivity (Wildman–Crippen MR) is 128 cm³/mol. The van der Waals surface area contributed by atoms with Crippen LogP contribution in [0.5, 0.6) is 0 Å². The van der Waals surface area contributed by atoms with Crippen LogP contribution in [0.3, 0.4) is 0 Å². The van der Waals surface area contributed by atoms with Crippen LogP contribution in [0, 0.1) is 18.3 Å². The van der Waals surface area contributed by atoms with Crippen LogP contribution < -0.4 is 5.32 Å². The molecule has 1 heterocycles. The summed E-state index contributed by atoms with van der Waals surface area (Å²) in [6.07, 6.45) is 19.5. The van der Waals surface area contributed by atoms with Crippen molar-refractivity contribution in [2.45, 2.75) is 117 Å². The van der Waals surface area contributed by atoms with E-state index in [0.717, 1.165) is 19.3 Å². The Bertz CT molecular complexity index is 718. The quantitative estimate of drug-likeness (QED) is 0.187. The van der Waals surface area contributed by atoms with Crippen molar-refractivity contribution in [3.05, 3.63) is 16.9 Å². The minimum Gasteiger partial charge on any atom is -0.465 e. The number of carbonyl (C=O) groups is 2. The molecular formula is C26H42N2O4. The number of esters is 1. The minimum absolute atomic E-state index is 0.0131. The van der Waals surface area contributed by atoms with Crippen molar-refractivity contribution in [1.82, 2.24) is 0 Å². The lowest BCUT2D eigenvalue weighted by Gasteiger charge is -2.04. The Hall–Kier alpha value is -2.29. The highest BCUT2D eigenvalue weighted by atomic mass is 16.5. The van der Waals surface area contributed by atoms with E-state index in [1.165, 1.54) is 84.2 Å². The minimum atomic E-state index is -0.647. The van der Waals surface area contributed by atoms with Gasteiger partial charge >= 0.3 is 5.97 Å². The van der Waals surface area contributed by atoms with Gasteiger partial charge in [-0.2, -0.15) is 5.26 Å². The molecule has 180 valence electrons. The van der Waals surface area contributed by atoms with Crippen molar-refractivity contribution in [2.75, 3.05) is 12.4 Å². The molecule has 1 amide bonds. The van der Waals surface area contributed by atoms with Crippen LogP contribution in [0.4, 0.5) is 5.88 Å². The number of ether oxygens (including phenoxy) is 1. The number of hydrogen-bond donors (Lipinski definition) is 1. The highest BCUT2D eigenvalue weighted by Crippen LogP contribution is 2.27. The normalized spacial score (nSPS) is 10.7. The summed E-state index contributed by atoms with van der Waals surface area (Å²) in [6.45, 7) is 3.83. The number of unbranched alkanes of at least 4 members (excludes halogenated alkanes) is 14. The van der Waals surface area contributed by atoms with Crippen molar-refractivity contribution in [1.29, 1.82) is 5.26 Å². The van der Waals surface area contributed by atoms with E-state index in [0.29, 0.717) is 6.42 Å². The third-order valence-corrected chi connectivity index (χ3v) is 5.85. The number of nitriles is 1. The molecule has 0 spiro atoms. The van der Waals surface area contributed by atoms with Crippen LogP contribution in [0.1, 0.15) is 131 Å². The molecule has 1 aromatic rings. The van der Waals surface area contributed by atoms with Crippen molar-refractivity contribution < 1.29 is 18.7 Å². The summed E-state index contributed by atoms with van der Waals surface area (Å²) in [5, 5.41) is 11.9. The molecular weight excluding hydrogens is 404 g/mol. The fraction of sp³-hybridized carbons (Fsp3) is 0.731. The summed E-state index contributed by atoms with van der Waals surface area (Å²) in [4.78, 5) is 24.0. The van der Waals surface area contributed by atoms with E-state index in [1.54, 1.807) is 6.92 Å². The van der Waals surface area contributed by atoms with Crippen molar-refractivity contribution in [2.24, 2.45) is 0 Å². The van der Waals surface area contributed by atoms with Gasteiger partial charge in [0.15, 0.2) is 0 Å². The second-order valence-corrected chi connectivity index (χ2v) is 8.59. The number of amides is 1. The fourth-order valence-electron chi connectivity index (χ4n) is 3.93. The number of rotatable bonds is 18. The van der Waals surface area contributed by atoms with E-state index in [1.807, 2.05) is 6.07 Å². The van der Waals surface area contributed by atoms with Gasteiger partial charge in [-0.25, -0.2) is 4.79 Å². The predicted octanol–water partition coefficient (Wildman–Crippen LogP) is 7.45. The zero-order chi connectivity index (χ0) is 23.6. The second kappa shape index (κ2) is 17.3. The molecule has 0 aromatic carbocycles. The topological polar surface area (TPSA) is 92.3 Å². The second-order valence-electron chi connectivity index (χ2n) is 8.59. The highest BCUT2D eigenvalue weighted by molar-refractivity contribution is 5.98. The van der Waals surface area contributed by atoms with E-state index in [4.69, 9.17) is 4.42 Å². The summed E-state index contributed by atoms with van der Waals surface area (Å²) in [6, 6.07) is 1.92. The number of hydrogen-bond acceptors (Lipinski definition) is 5. The number of methoxy groups -OCH3 is 1. The Labute approximate surface area is 194 Å². The number of furan rings is 1. The maximum Gasteiger partial charge on any atom is 0.342 e. The summed E-state index contributed by atoms with van der Waals surface area (Å²) < 4.78 is 10.1. The first-order chi connectivity index (χ1) is 15.5. The largest absolute Gasteiger partial charge is 0.465 e. The molecule has 0 saturated heterocycles. The molecule has 0 saturated carbocycles. The summed E-state index contributed by atoms with van der Waals surface area (Å²) in [7, 11) is 1.24. The van der Waals surface area contributed by atoms with Gasteiger partial charge in [0.2, 0.25) is 11.8 Å². The van der Waals surface area contributed by atoms with Crippen LogP contribution in [0.15, 0.2) is 4.42 Å². The van der Waals surface area contributed by atoms with Crippen LogP contribution in [-0.2, 0) is 9.53 Å². The molecule has 0 bridgehead atoms. The fourth-order valence-corrected chi connectivity index (χ4v) is 3.93. The third-order valence-electron chi connectivity index (χ3n) is 5.85. The highest BCUT2D eigenvalue weighted by Gasteiger charge is 2.25. The van der Waals surface area contributed by atoms with Crippen molar-refractivity contribution in [3.8, 4) is 6.07 Å². The number of carbonyl (C=O) groups excluding carboxylic acids is 2. The SMILES string of the molecule is CCCCCCCCCCCCCCCCCC(=O)Nc1oc(C)c(C(=O)OC)c1C#N. The van der Waals surface area contributed by atoms with Crippen LogP contribution in [0.2, 0.25) is 0 Å². The van der Waals surface area contributed by atoms with E-state index >= 15 is 0 Å². The molecule has 0 aliphatic carbocycles. The first-order valence-corrected chi connectivity index (χ1v) is 12.5. The molecule has 0 atom stereocenters. The third kappa shape index (κ3) is 10.8. The van der Waals surface area contributed by atoms with Gasteiger partial charge in [-0.15, -0.1) is 0 Å². The Kier molecular flexibility index (Phi) is 15.0. The number of nitrogens with one attached hydrogen (secondary N) is 1. The van der Waals surface area contributed by atoms with Crippen LogP contribution in [0.25, 0.3) is 0 Å². The van der Waals surface area contributed by atoms with Gasteiger partial charge in [0, 0.05) is 6.42 Å². The molecule has 0 radical (unpaired) electrons. The Morgan fingerprint density at radius 2 is 1.34 bits per heavy atom. The van der Waals surface area contributed by atoms with Crippen LogP contribution >= 0.6 is 0 Å².